The third-order valence-electron chi connectivity index (χ3n) is 4.20. The fraction of sp³-hybridized carbons (Fsp3) is 0.150. The van der Waals surface area contributed by atoms with Crippen molar-refractivity contribution in [1.29, 1.82) is 0 Å². The summed E-state index contributed by atoms with van der Waals surface area (Å²) in [5.74, 6) is 0. The topological polar surface area (TPSA) is 77.8 Å². The second kappa shape index (κ2) is 6.45. The van der Waals surface area contributed by atoms with Gasteiger partial charge in [-0.25, -0.2) is 0 Å². The summed E-state index contributed by atoms with van der Waals surface area (Å²) in [5, 5.41) is 5.20. The lowest BCUT2D eigenvalue weighted by Crippen LogP contribution is -2.17. The van der Waals surface area contributed by atoms with Crippen LogP contribution in [0.4, 0.5) is 0 Å². The van der Waals surface area contributed by atoms with Crippen molar-refractivity contribution in [3.63, 3.8) is 0 Å². The third kappa shape index (κ3) is 3.02. The molecule has 4 rings (SSSR count). The number of para-hydroxylation sites is 1. The molecule has 0 aliphatic heterocycles. The van der Waals surface area contributed by atoms with Crippen LogP contribution in [0.2, 0.25) is 0 Å². The van der Waals surface area contributed by atoms with E-state index in [0.717, 1.165) is 39.3 Å². The van der Waals surface area contributed by atoms with Gasteiger partial charge in [0.05, 0.1) is 11.7 Å². The minimum atomic E-state index is -0.277. The second-order valence-electron chi connectivity index (χ2n) is 6.04. The van der Waals surface area contributed by atoms with Gasteiger partial charge in [-0.15, -0.1) is 0 Å². The molecule has 0 radical (unpaired) electrons. The highest BCUT2D eigenvalue weighted by molar-refractivity contribution is 5.92. The molecule has 25 heavy (non-hydrogen) atoms. The molecule has 0 saturated heterocycles. The SMILES string of the molecule is Cc1cccc(CC(N)c2ncccc2-c2noc3ccccc23)n1. The van der Waals surface area contributed by atoms with Crippen LogP contribution in [-0.4, -0.2) is 15.1 Å². The molecule has 124 valence electrons. The molecule has 1 aromatic carbocycles. The van der Waals surface area contributed by atoms with Crippen LogP contribution in [0.25, 0.3) is 22.2 Å². The van der Waals surface area contributed by atoms with E-state index < -0.39 is 0 Å². The zero-order valence-electron chi connectivity index (χ0n) is 13.9. The van der Waals surface area contributed by atoms with Gasteiger partial charge in [-0.2, -0.15) is 0 Å². The van der Waals surface area contributed by atoms with E-state index in [1.165, 1.54) is 0 Å². The van der Waals surface area contributed by atoms with Crippen molar-refractivity contribution < 1.29 is 4.52 Å². The zero-order chi connectivity index (χ0) is 17.2. The van der Waals surface area contributed by atoms with E-state index in [2.05, 4.69) is 15.1 Å². The maximum absolute atomic E-state index is 6.47. The molecule has 0 amide bonds. The summed E-state index contributed by atoms with van der Waals surface area (Å²) >= 11 is 0. The van der Waals surface area contributed by atoms with Gasteiger partial charge in [0.1, 0.15) is 5.69 Å². The minimum absolute atomic E-state index is 0.277. The summed E-state index contributed by atoms with van der Waals surface area (Å²) in [6, 6.07) is 17.3. The summed E-state index contributed by atoms with van der Waals surface area (Å²) in [6.45, 7) is 1.97. The largest absolute Gasteiger partial charge is 0.356 e. The predicted molar refractivity (Wildman–Crippen MR) is 96.8 cm³/mol. The molecule has 5 heteroatoms. The number of rotatable bonds is 4. The van der Waals surface area contributed by atoms with Crippen molar-refractivity contribution in [1.82, 2.24) is 15.1 Å². The predicted octanol–water partition coefficient (Wildman–Crippen LogP) is 3.84. The second-order valence-corrected chi connectivity index (χ2v) is 6.04. The van der Waals surface area contributed by atoms with Gasteiger partial charge in [-0.3, -0.25) is 9.97 Å². The third-order valence-corrected chi connectivity index (χ3v) is 4.20. The molecule has 0 spiro atoms. The Kier molecular flexibility index (Phi) is 3.99. The van der Waals surface area contributed by atoms with Crippen molar-refractivity contribution in [2.24, 2.45) is 5.73 Å². The van der Waals surface area contributed by atoms with E-state index in [1.807, 2.05) is 61.5 Å². The first-order valence-corrected chi connectivity index (χ1v) is 8.20. The molecule has 3 heterocycles. The molecule has 1 unspecified atom stereocenters. The molecule has 5 nitrogen and oxygen atoms in total. The molecule has 1 atom stereocenters. The fourth-order valence-electron chi connectivity index (χ4n) is 3.03. The van der Waals surface area contributed by atoms with Crippen LogP contribution in [-0.2, 0) is 6.42 Å². The number of aryl methyl sites for hydroxylation is 1. The number of nitrogens with two attached hydrogens (primary N) is 1. The van der Waals surface area contributed by atoms with Crippen LogP contribution >= 0.6 is 0 Å². The number of benzene rings is 1. The van der Waals surface area contributed by atoms with E-state index in [9.17, 15) is 0 Å². The lowest BCUT2D eigenvalue weighted by Gasteiger charge is -2.14. The average molecular weight is 330 g/mol. The van der Waals surface area contributed by atoms with E-state index >= 15 is 0 Å². The highest BCUT2D eigenvalue weighted by Crippen LogP contribution is 2.31. The van der Waals surface area contributed by atoms with Crippen LogP contribution in [0.15, 0.2) is 65.3 Å². The molecule has 0 saturated carbocycles. The Bertz CT molecular complexity index is 1020. The van der Waals surface area contributed by atoms with Crippen molar-refractivity contribution in [3.8, 4) is 11.3 Å². The van der Waals surface area contributed by atoms with E-state index in [-0.39, 0.29) is 6.04 Å². The van der Waals surface area contributed by atoms with Gasteiger partial charge in [0.2, 0.25) is 0 Å². The van der Waals surface area contributed by atoms with Crippen LogP contribution in [0, 0.1) is 6.92 Å². The Balaban J connectivity index is 1.74. The first kappa shape index (κ1) is 15.5. The van der Waals surface area contributed by atoms with Gasteiger partial charge >= 0.3 is 0 Å². The molecule has 0 bridgehead atoms. The van der Waals surface area contributed by atoms with E-state index in [4.69, 9.17) is 10.3 Å². The zero-order valence-corrected chi connectivity index (χ0v) is 13.9. The maximum atomic E-state index is 6.47. The van der Waals surface area contributed by atoms with Crippen molar-refractivity contribution in [3.05, 3.63) is 77.9 Å². The summed E-state index contributed by atoms with van der Waals surface area (Å²) in [4.78, 5) is 9.06. The quantitative estimate of drug-likeness (QED) is 0.615. The summed E-state index contributed by atoms with van der Waals surface area (Å²) in [7, 11) is 0. The Hall–Kier alpha value is -3.05. The van der Waals surface area contributed by atoms with Gasteiger partial charge < -0.3 is 10.3 Å². The Morgan fingerprint density at radius 2 is 1.92 bits per heavy atom. The fourth-order valence-corrected chi connectivity index (χ4v) is 3.03. The first-order chi connectivity index (χ1) is 12.2. The van der Waals surface area contributed by atoms with Crippen LogP contribution in [0.3, 0.4) is 0 Å². The smallest absolute Gasteiger partial charge is 0.167 e. The Labute approximate surface area is 145 Å². The first-order valence-electron chi connectivity index (χ1n) is 8.20. The van der Waals surface area contributed by atoms with Gasteiger partial charge in [0.15, 0.2) is 5.58 Å². The van der Waals surface area contributed by atoms with Crippen molar-refractivity contribution >= 4 is 11.0 Å². The molecule has 4 aromatic rings. The lowest BCUT2D eigenvalue weighted by molar-refractivity contribution is 0.459. The molecular weight excluding hydrogens is 312 g/mol. The normalized spacial score (nSPS) is 12.4. The number of pyridine rings is 2. The summed E-state index contributed by atoms with van der Waals surface area (Å²) in [6.07, 6.45) is 2.37. The summed E-state index contributed by atoms with van der Waals surface area (Å²) < 4.78 is 5.44. The van der Waals surface area contributed by atoms with Gasteiger partial charge in [0.25, 0.3) is 0 Å². The molecule has 3 aromatic heterocycles. The van der Waals surface area contributed by atoms with Gasteiger partial charge in [0, 0.05) is 35.0 Å². The van der Waals surface area contributed by atoms with Gasteiger partial charge in [-0.05, 0) is 43.3 Å². The molecular formula is C20H18N4O. The van der Waals surface area contributed by atoms with Gasteiger partial charge in [-0.1, -0.05) is 23.4 Å². The number of hydrogen-bond acceptors (Lipinski definition) is 5. The molecule has 2 N–H and O–H groups in total. The number of aromatic nitrogens is 3. The molecule has 0 aliphatic carbocycles. The lowest BCUT2D eigenvalue weighted by atomic mass is 9.99. The molecule has 0 aliphatic rings. The number of fused-ring (bicyclic) bond motifs is 1. The van der Waals surface area contributed by atoms with E-state index in [0.29, 0.717) is 6.42 Å². The molecule has 0 fully saturated rings. The van der Waals surface area contributed by atoms with Crippen LogP contribution in [0.5, 0.6) is 0 Å². The van der Waals surface area contributed by atoms with Crippen molar-refractivity contribution in [2.75, 3.05) is 0 Å². The highest BCUT2D eigenvalue weighted by Gasteiger charge is 2.19. The number of hydrogen-bond donors (Lipinski definition) is 1. The standard InChI is InChI=1S/C20H18N4O/c1-13-6-4-7-14(23-13)12-17(21)20-16(9-5-11-22-20)19-15-8-2-3-10-18(15)25-24-19/h2-11,17H,12,21H2,1H3. The highest BCUT2D eigenvalue weighted by atomic mass is 16.5. The van der Waals surface area contributed by atoms with Crippen molar-refractivity contribution in [2.45, 2.75) is 19.4 Å². The van der Waals surface area contributed by atoms with Crippen LogP contribution < -0.4 is 5.73 Å². The number of nitrogens with zero attached hydrogens (tertiary/aromatic N) is 3. The van der Waals surface area contributed by atoms with E-state index in [1.54, 1.807) is 6.20 Å². The summed E-state index contributed by atoms with van der Waals surface area (Å²) in [5.41, 5.74) is 11.6. The maximum Gasteiger partial charge on any atom is 0.167 e. The Morgan fingerprint density at radius 3 is 2.80 bits per heavy atom. The average Bonchev–Trinajstić information content (AvgIpc) is 3.06. The Morgan fingerprint density at radius 1 is 1.04 bits per heavy atom. The van der Waals surface area contributed by atoms with Crippen LogP contribution in [0.1, 0.15) is 23.1 Å². The monoisotopic (exact) mass is 330 g/mol. The minimum Gasteiger partial charge on any atom is -0.356 e.